The minimum Gasteiger partial charge on any atom is -0.479 e. The molecule has 2 aromatic rings. The van der Waals surface area contributed by atoms with Crippen LogP contribution in [0, 0.1) is 0 Å². The van der Waals surface area contributed by atoms with Gasteiger partial charge in [-0.15, -0.1) is 0 Å². The van der Waals surface area contributed by atoms with E-state index >= 15 is 0 Å². The Hall–Kier alpha value is -2.14. The summed E-state index contributed by atoms with van der Waals surface area (Å²) < 4.78 is 6.49. The van der Waals surface area contributed by atoms with E-state index in [9.17, 15) is 9.59 Å². The molecule has 1 aromatic carbocycles. The summed E-state index contributed by atoms with van der Waals surface area (Å²) >= 11 is 0. The molecule has 0 amide bonds. The van der Waals surface area contributed by atoms with E-state index in [2.05, 4.69) is 0 Å². The molecule has 0 saturated heterocycles. The average molecular weight is 261 g/mol. The number of hydrogen-bond donors (Lipinski definition) is 1. The fourth-order valence-electron chi connectivity index (χ4n) is 1.96. The predicted molar refractivity (Wildman–Crippen MR) is 71.3 cm³/mol. The minimum absolute atomic E-state index is 0.00679. The van der Waals surface area contributed by atoms with E-state index in [1.165, 1.54) is 4.57 Å². The number of carboxylic acid groups (broad SMARTS) is 1. The highest BCUT2D eigenvalue weighted by molar-refractivity contribution is 5.81. The van der Waals surface area contributed by atoms with Gasteiger partial charge >= 0.3 is 5.97 Å². The smallest absolute Gasteiger partial charge is 0.334 e. The van der Waals surface area contributed by atoms with Crippen LogP contribution in [0.1, 0.15) is 6.92 Å². The van der Waals surface area contributed by atoms with Crippen LogP contribution in [0.4, 0.5) is 0 Å². The number of benzene rings is 1. The summed E-state index contributed by atoms with van der Waals surface area (Å²) in [7, 11) is 0. The first-order valence-corrected chi connectivity index (χ1v) is 6.06. The molecule has 1 N–H and O–H groups in total. The third-order valence-corrected chi connectivity index (χ3v) is 2.89. The second kappa shape index (κ2) is 5.67. The van der Waals surface area contributed by atoms with E-state index in [4.69, 9.17) is 9.84 Å². The molecule has 1 aromatic heterocycles. The molecule has 5 nitrogen and oxygen atoms in total. The fourth-order valence-corrected chi connectivity index (χ4v) is 1.96. The molecule has 0 aliphatic rings. The van der Waals surface area contributed by atoms with E-state index in [1.807, 2.05) is 12.1 Å². The molecule has 100 valence electrons. The van der Waals surface area contributed by atoms with Gasteiger partial charge in [0.25, 0.3) is 5.56 Å². The van der Waals surface area contributed by atoms with Crippen LogP contribution in [0.3, 0.4) is 0 Å². The number of carboxylic acids is 1. The van der Waals surface area contributed by atoms with Crippen molar-refractivity contribution in [3.63, 3.8) is 0 Å². The number of aromatic nitrogens is 1. The Balaban J connectivity index is 2.38. The van der Waals surface area contributed by atoms with Crippen molar-refractivity contribution in [2.24, 2.45) is 0 Å². The van der Waals surface area contributed by atoms with Gasteiger partial charge in [0.2, 0.25) is 0 Å². The second-order valence-corrected chi connectivity index (χ2v) is 4.14. The van der Waals surface area contributed by atoms with Crippen LogP contribution in [-0.2, 0) is 16.1 Å². The van der Waals surface area contributed by atoms with Gasteiger partial charge in [-0.2, -0.15) is 0 Å². The van der Waals surface area contributed by atoms with Gasteiger partial charge in [-0.05, 0) is 24.4 Å². The van der Waals surface area contributed by atoms with Gasteiger partial charge in [0, 0.05) is 18.2 Å². The lowest BCUT2D eigenvalue weighted by Gasteiger charge is -2.14. The maximum Gasteiger partial charge on any atom is 0.334 e. The number of aliphatic carboxylic acids is 1. The van der Waals surface area contributed by atoms with Crippen molar-refractivity contribution in [3.8, 4) is 0 Å². The van der Waals surface area contributed by atoms with Crippen LogP contribution >= 0.6 is 0 Å². The summed E-state index contributed by atoms with van der Waals surface area (Å²) in [5.41, 5.74) is -0.205. The van der Waals surface area contributed by atoms with Crippen molar-refractivity contribution in [1.29, 1.82) is 0 Å². The zero-order chi connectivity index (χ0) is 13.8. The molecule has 0 radical (unpaired) electrons. The van der Waals surface area contributed by atoms with Crippen molar-refractivity contribution in [1.82, 2.24) is 4.57 Å². The molecule has 5 heteroatoms. The van der Waals surface area contributed by atoms with E-state index in [0.29, 0.717) is 12.0 Å². The normalized spacial score (nSPS) is 12.5. The molecule has 19 heavy (non-hydrogen) atoms. The van der Waals surface area contributed by atoms with E-state index in [1.54, 1.807) is 31.3 Å². The SMILES string of the molecule is CCOC(Cn1ccc2ccccc2c1=O)C(=O)O. The molecule has 0 bridgehead atoms. The zero-order valence-corrected chi connectivity index (χ0v) is 10.6. The van der Waals surface area contributed by atoms with Crippen molar-refractivity contribution in [2.45, 2.75) is 19.6 Å². The number of rotatable bonds is 5. The summed E-state index contributed by atoms with van der Waals surface area (Å²) in [5.74, 6) is -1.07. The number of fused-ring (bicyclic) bond motifs is 1. The third kappa shape index (κ3) is 2.82. The monoisotopic (exact) mass is 261 g/mol. The molecule has 0 saturated carbocycles. The van der Waals surface area contributed by atoms with Gasteiger partial charge < -0.3 is 14.4 Å². The molecule has 2 rings (SSSR count). The van der Waals surface area contributed by atoms with Gasteiger partial charge in [-0.3, -0.25) is 4.79 Å². The molecule has 0 aliphatic heterocycles. The van der Waals surface area contributed by atoms with Crippen LogP contribution in [0.25, 0.3) is 10.8 Å². The summed E-state index contributed by atoms with van der Waals surface area (Å²) in [4.78, 5) is 23.2. The Morgan fingerprint density at radius 2 is 2.11 bits per heavy atom. The Morgan fingerprint density at radius 3 is 2.79 bits per heavy atom. The molecule has 0 aliphatic carbocycles. The number of carbonyl (C=O) groups is 1. The van der Waals surface area contributed by atoms with Gasteiger partial charge in [0.1, 0.15) is 0 Å². The van der Waals surface area contributed by atoms with Crippen molar-refractivity contribution in [3.05, 3.63) is 46.9 Å². The molecule has 1 heterocycles. The maximum atomic E-state index is 12.2. The van der Waals surface area contributed by atoms with Crippen molar-refractivity contribution < 1.29 is 14.6 Å². The third-order valence-electron chi connectivity index (χ3n) is 2.89. The van der Waals surface area contributed by atoms with E-state index in [0.717, 1.165) is 5.39 Å². The van der Waals surface area contributed by atoms with Crippen molar-refractivity contribution in [2.75, 3.05) is 6.61 Å². The summed E-state index contributed by atoms with van der Waals surface area (Å²) in [6.07, 6.45) is 0.587. The Morgan fingerprint density at radius 1 is 1.37 bits per heavy atom. The van der Waals surface area contributed by atoms with E-state index in [-0.39, 0.29) is 12.1 Å². The largest absolute Gasteiger partial charge is 0.479 e. The van der Waals surface area contributed by atoms with Crippen LogP contribution in [0.15, 0.2) is 41.3 Å². The first-order chi connectivity index (χ1) is 9.13. The first-order valence-electron chi connectivity index (χ1n) is 6.06. The molecule has 0 fully saturated rings. The van der Waals surface area contributed by atoms with Gasteiger partial charge in [-0.25, -0.2) is 4.79 Å². The average Bonchev–Trinajstić information content (AvgIpc) is 2.41. The molecular weight excluding hydrogens is 246 g/mol. The minimum atomic E-state index is -1.07. The van der Waals surface area contributed by atoms with Crippen LogP contribution in [0.5, 0.6) is 0 Å². The maximum absolute atomic E-state index is 12.2. The van der Waals surface area contributed by atoms with Crippen LogP contribution in [0.2, 0.25) is 0 Å². The summed E-state index contributed by atoms with van der Waals surface area (Å²) in [6, 6.07) is 9.00. The summed E-state index contributed by atoms with van der Waals surface area (Å²) in [6.45, 7) is 2.02. The fraction of sp³-hybridized carbons (Fsp3) is 0.286. The molecule has 0 spiro atoms. The lowest BCUT2D eigenvalue weighted by molar-refractivity contribution is -0.151. The lowest BCUT2D eigenvalue weighted by atomic mass is 10.2. The Bertz CT molecular complexity index is 647. The molecule has 1 atom stereocenters. The lowest BCUT2D eigenvalue weighted by Crippen LogP contribution is -2.33. The Labute approximate surface area is 110 Å². The number of hydrogen-bond acceptors (Lipinski definition) is 3. The van der Waals surface area contributed by atoms with E-state index < -0.39 is 12.1 Å². The van der Waals surface area contributed by atoms with Gasteiger partial charge in [0.15, 0.2) is 6.10 Å². The summed E-state index contributed by atoms with van der Waals surface area (Å²) in [5, 5.41) is 10.4. The highest BCUT2D eigenvalue weighted by Crippen LogP contribution is 2.08. The second-order valence-electron chi connectivity index (χ2n) is 4.14. The number of ether oxygens (including phenoxy) is 1. The topological polar surface area (TPSA) is 68.5 Å². The van der Waals surface area contributed by atoms with Gasteiger partial charge in [0.05, 0.1) is 6.54 Å². The standard InChI is InChI=1S/C14H15NO4/c1-2-19-12(14(17)18)9-15-8-7-10-5-3-4-6-11(10)13(15)16/h3-8,12H,2,9H2,1H3,(H,17,18). The molecule has 1 unspecified atom stereocenters. The zero-order valence-electron chi connectivity index (χ0n) is 10.6. The highest BCUT2D eigenvalue weighted by Gasteiger charge is 2.18. The van der Waals surface area contributed by atoms with Crippen LogP contribution in [-0.4, -0.2) is 28.4 Å². The quantitative estimate of drug-likeness (QED) is 0.885. The first kappa shape index (κ1) is 13.3. The Kier molecular flexibility index (Phi) is 3.97. The van der Waals surface area contributed by atoms with Crippen LogP contribution < -0.4 is 5.56 Å². The highest BCUT2D eigenvalue weighted by atomic mass is 16.5. The van der Waals surface area contributed by atoms with Gasteiger partial charge in [-0.1, -0.05) is 18.2 Å². The molecular formula is C14H15NO4. The number of pyridine rings is 1. The predicted octanol–water partition coefficient (Wildman–Crippen LogP) is 1.49. The number of nitrogens with zero attached hydrogens (tertiary/aromatic N) is 1. The van der Waals surface area contributed by atoms with Crippen molar-refractivity contribution >= 4 is 16.7 Å².